The lowest BCUT2D eigenvalue weighted by atomic mass is 10.0. The van der Waals surface area contributed by atoms with Crippen molar-refractivity contribution in [2.75, 3.05) is 0 Å². The van der Waals surface area contributed by atoms with Crippen molar-refractivity contribution in [3.63, 3.8) is 0 Å². The minimum absolute atomic E-state index is 0.0538. The molecule has 0 amide bonds. The van der Waals surface area contributed by atoms with Crippen molar-refractivity contribution in [1.82, 2.24) is 0 Å². The highest BCUT2D eigenvalue weighted by Crippen LogP contribution is 2.34. The first kappa shape index (κ1) is 13.7. The van der Waals surface area contributed by atoms with Gasteiger partial charge < -0.3 is 0 Å². The number of Topliss-reactive ketones (excluding diaryl/α,β-unsaturated/α-hetero) is 1. The molecular formula is C10H8BrF2NO3. The van der Waals surface area contributed by atoms with Gasteiger partial charge in [0, 0.05) is 17.7 Å². The van der Waals surface area contributed by atoms with E-state index >= 15 is 0 Å². The maximum atomic E-state index is 12.7. The molecule has 17 heavy (non-hydrogen) atoms. The van der Waals surface area contributed by atoms with Gasteiger partial charge in [0.2, 0.25) is 0 Å². The van der Waals surface area contributed by atoms with Crippen molar-refractivity contribution in [3.8, 4) is 0 Å². The fraction of sp³-hybridized carbons (Fsp3) is 0.300. The molecule has 92 valence electrons. The Morgan fingerprint density at radius 2 is 2.00 bits per heavy atom. The van der Waals surface area contributed by atoms with E-state index in [9.17, 15) is 23.7 Å². The van der Waals surface area contributed by atoms with Crippen LogP contribution in [0.2, 0.25) is 0 Å². The third kappa shape index (κ3) is 3.06. The molecule has 0 N–H and O–H groups in total. The molecule has 0 fully saturated rings. The Labute approximate surface area is 104 Å². The summed E-state index contributed by atoms with van der Waals surface area (Å²) in [4.78, 5) is 19.9. The van der Waals surface area contributed by atoms with Crippen LogP contribution < -0.4 is 0 Å². The van der Waals surface area contributed by atoms with E-state index in [-0.39, 0.29) is 11.3 Å². The molecule has 0 aliphatic heterocycles. The molecule has 0 aliphatic rings. The third-order valence-corrected chi connectivity index (χ3v) is 3.28. The molecule has 4 nitrogen and oxygen atoms in total. The number of non-ortho nitro benzene ring substituents is 1. The first-order valence-corrected chi connectivity index (χ1v) is 5.47. The number of alkyl halides is 3. The van der Waals surface area contributed by atoms with Crippen LogP contribution in [0.4, 0.5) is 14.5 Å². The topological polar surface area (TPSA) is 60.2 Å². The quantitative estimate of drug-likeness (QED) is 0.485. The fourth-order valence-electron chi connectivity index (χ4n) is 1.31. The molecule has 0 aliphatic carbocycles. The van der Waals surface area contributed by atoms with Gasteiger partial charge in [-0.25, -0.2) is 8.78 Å². The summed E-state index contributed by atoms with van der Waals surface area (Å²) >= 11 is 2.98. The zero-order chi connectivity index (χ0) is 13.2. The van der Waals surface area contributed by atoms with E-state index in [2.05, 4.69) is 15.9 Å². The summed E-state index contributed by atoms with van der Waals surface area (Å²) in [6, 6.07) is 3.05. The van der Waals surface area contributed by atoms with E-state index in [0.717, 1.165) is 12.1 Å². The van der Waals surface area contributed by atoms with E-state index in [1.807, 2.05) is 0 Å². The van der Waals surface area contributed by atoms with Gasteiger partial charge in [-0.2, -0.15) is 0 Å². The standard InChI is InChI=1S/C10H8BrF2NO3/c1-5(15)9(11)7-3-2-6(14(16)17)4-8(7)10(12)13/h2-4,9-10H,1H3. The summed E-state index contributed by atoms with van der Waals surface area (Å²) in [5.74, 6) is -0.347. The third-order valence-electron chi connectivity index (χ3n) is 2.15. The van der Waals surface area contributed by atoms with Crippen LogP contribution in [0.15, 0.2) is 18.2 Å². The highest BCUT2D eigenvalue weighted by molar-refractivity contribution is 9.09. The maximum Gasteiger partial charge on any atom is 0.269 e. The average Bonchev–Trinajstić information content (AvgIpc) is 2.26. The van der Waals surface area contributed by atoms with Gasteiger partial charge in [-0.05, 0) is 12.5 Å². The number of halogens is 3. The number of hydrogen-bond donors (Lipinski definition) is 0. The fourth-order valence-corrected chi connectivity index (χ4v) is 1.73. The number of rotatable bonds is 4. The molecule has 0 radical (unpaired) electrons. The Balaban J connectivity index is 3.31. The number of carbonyl (C=O) groups excluding carboxylic acids is 1. The van der Waals surface area contributed by atoms with Crippen molar-refractivity contribution in [1.29, 1.82) is 0 Å². The molecule has 1 unspecified atom stereocenters. The SMILES string of the molecule is CC(=O)C(Br)c1ccc([N+](=O)[O-])cc1C(F)F. The Morgan fingerprint density at radius 1 is 1.41 bits per heavy atom. The van der Waals surface area contributed by atoms with E-state index < -0.39 is 27.4 Å². The summed E-state index contributed by atoms with van der Waals surface area (Å²) in [5, 5.41) is 10.5. The van der Waals surface area contributed by atoms with Crippen molar-refractivity contribution in [2.24, 2.45) is 0 Å². The number of carbonyl (C=O) groups is 1. The molecule has 0 spiro atoms. The monoisotopic (exact) mass is 307 g/mol. The van der Waals surface area contributed by atoms with Crippen molar-refractivity contribution < 1.29 is 18.5 Å². The lowest BCUT2D eigenvalue weighted by molar-refractivity contribution is -0.385. The van der Waals surface area contributed by atoms with Gasteiger partial charge in [-0.1, -0.05) is 22.0 Å². The summed E-state index contributed by atoms with van der Waals surface area (Å²) in [6.45, 7) is 1.25. The molecule has 0 aromatic heterocycles. The zero-order valence-electron chi connectivity index (χ0n) is 8.69. The van der Waals surface area contributed by atoms with Gasteiger partial charge in [-0.3, -0.25) is 14.9 Å². The maximum absolute atomic E-state index is 12.7. The minimum Gasteiger partial charge on any atom is -0.298 e. The highest BCUT2D eigenvalue weighted by atomic mass is 79.9. The number of nitrogens with zero attached hydrogens (tertiary/aromatic N) is 1. The lowest BCUT2D eigenvalue weighted by Gasteiger charge is -2.11. The number of nitro benzene ring substituents is 1. The largest absolute Gasteiger partial charge is 0.298 e. The normalized spacial score (nSPS) is 12.5. The summed E-state index contributed by atoms with van der Waals surface area (Å²) in [7, 11) is 0. The molecule has 0 saturated heterocycles. The smallest absolute Gasteiger partial charge is 0.269 e. The lowest BCUT2D eigenvalue weighted by Crippen LogP contribution is -2.06. The second kappa shape index (κ2) is 5.31. The van der Waals surface area contributed by atoms with Crippen LogP contribution >= 0.6 is 15.9 Å². The number of hydrogen-bond acceptors (Lipinski definition) is 3. The van der Waals surface area contributed by atoms with Crippen LogP contribution in [0.3, 0.4) is 0 Å². The summed E-state index contributed by atoms with van der Waals surface area (Å²) in [6.07, 6.45) is -2.87. The van der Waals surface area contributed by atoms with Crippen LogP contribution in [0.25, 0.3) is 0 Å². The van der Waals surface area contributed by atoms with E-state index in [4.69, 9.17) is 0 Å². The Bertz CT molecular complexity index is 465. The highest BCUT2D eigenvalue weighted by Gasteiger charge is 2.23. The second-order valence-electron chi connectivity index (χ2n) is 3.34. The predicted molar refractivity (Wildman–Crippen MR) is 60.4 cm³/mol. The molecule has 7 heteroatoms. The molecule has 0 heterocycles. The van der Waals surface area contributed by atoms with Gasteiger partial charge in [0.1, 0.15) is 5.78 Å². The van der Waals surface area contributed by atoms with Gasteiger partial charge in [0.05, 0.1) is 9.75 Å². The van der Waals surface area contributed by atoms with Gasteiger partial charge in [-0.15, -0.1) is 0 Å². The molecule has 1 aromatic carbocycles. The molecule has 1 atom stereocenters. The summed E-state index contributed by atoms with van der Waals surface area (Å²) < 4.78 is 25.5. The van der Waals surface area contributed by atoms with Gasteiger partial charge in [0.15, 0.2) is 0 Å². The molecule has 0 saturated carbocycles. The number of ketones is 1. The van der Waals surface area contributed by atoms with Crippen LogP contribution in [0.1, 0.15) is 29.3 Å². The van der Waals surface area contributed by atoms with E-state index in [1.54, 1.807) is 0 Å². The first-order chi connectivity index (χ1) is 7.84. The predicted octanol–water partition coefficient (Wildman–Crippen LogP) is 3.56. The first-order valence-electron chi connectivity index (χ1n) is 4.55. The van der Waals surface area contributed by atoms with Crippen molar-refractivity contribution in [3.05, 3.63) is 39.4 Å². The van der Waals surface area contributed by atoms with Crippen molar-refractivity contribution >= 4 is 27.4 Å². The minimum atomic E-state index is -2.87. The van der Waals surface area contributed by atoms with E-state index in [0.29, 0.717) is 0 Å². The van der Waals surface area contributed by atoms with Crippen LogP contribution in [0, 0.1) is 10.1 Å². The van der Waals surface area contributed by atoms with Crippen molar-refractivity contribution in [2.45, 2.75) is 18.2 Å². The molecule has 0 bridgehead atoms. The average molecular weight is 308 g/mol. The van der Waals surface area contributed by atoms with Crippen LogP contribution in [-0.2, 0) is 4.79 Å². The van der Waals surface area contributed by atoms with Gasteiger partial charge >= 0.3 is 0 Å². The van der Waals surface area contributed by atoms with Crippen LogP contribution in [-0.4, -0.2) is 10.7 Å². The van der Waals surface area contributed by atoms with E-state index in [1.165, 1.54) is 13.0 Å². The Hall–Kier alpha value is -1.37. The van der Waals surface area contributed by atoms with Gasteiger partial charge in [0.25, 0.3) is 12.1 Å². The molecule has 1 rings (SSSR count). The number of benzene rings is 1. The zero-order valence-corrected chi connectivity index (χ0v) is 10.3. The van der Waals surface area contributed by atoms with Crippen LogP contribution in [0.5, 0.6) is 0 Å². The summed E-state index contributed by atoms with van der Waals surface area (Å²) in [5.41, 5.74) is -0.873. The number of nitro groups is 1. The second-order valence-corrected chi connectivity index (χ2v) is 4.26. The Kier molecular flexibility index (Phi) is 4.28. The molecular weight excluding hydrogens is 300 g/mol. The Morgan fingerprint density at radius 3 is 2.41 bits per heavy atom. The molecule has 1 aromatic rings.